The molecule has 0 aromatic carbocycles. The van der Waals surface area contributed by atoms with Crippen LogP contribution in [0.5, 0.6) is 0 Å². The van der Waals surface area contributed by atoms with E-state index in [0.29, 0.717) is 18.3 Å². The molecule has 2 atom stereocenters. The van der Waals surface area contributed by atoms with Crippen LogP contribution in [-0.2, 0) is 0 Å². The predicted molar refractivity (Wildman–Crippen MR) is 88.7 cm³/mol. The van der Waals surface area contributed by atoms with E-state index in [4.69, 9.17) is 0 Å². The Bertz CT molecular complexity index is 383. The van der Waals surface area contributed by atoms with Gasteiger partial charge >= 0.3 is 0 Å². The van der Waals surface area contributed by atoms with Crippen molar-refractivity contribution in [2.24, 2.45) is 11.8 Å². The van der Waals surface area contributed by atoms with Crippen molar-refractivity contribution < 1.29 is 5.11 Å². The van der Waals surface area contributed by atoms with Crippen LogP contribution in [-0.4, -0.2) is 10.7 Å². The second-order valence-corrected chi connectivity index (χ2v) is 7.01. The van der Waals surface area contributed by atoms with E-state index >= 15 is 0 Å². The molecule has 0 fully saturated rings. The zero-order valence-electron chi connectivity index (χ0n) is 13.9. The van der Waals surface area contributed by atoms with E-state index in [1.165, 1.54) is 17.6 Å². The van der Waals surface area contributed by atoms with Crippen LogP contribution < -0.4 is 0 Å². The number of hydrogen-bond acceptors (Lipinski definition) is 1. The van der Waals surface area contributed by atoms with Gasteiger partial charge in [0.25, 0.3) is 0 Å². The molecule has 0 heterocycles. The average molecular weight is 276 g/mol. The van der Waals surface area contributed by atoms with E-state index in [1.807, 2.05) is 13.0 Å². The quantitative estimate of drug-likeness (QED) is 0.634. The first-order chi connectivity index (χ1) is 9.30. The average Bonchev–Trinajstić information content (AvgIpc) is 2.36. The summed E-state index contributed by atoms with van der Waals surface area (Å²) in [5, 5.41) is 10.5. The molecule has 0 aromatic rings. The van der Waals surface area contributed by atoms with Crippen LogP contribution in [0.1, 0.15) is 66.7 Å². The standard InChI is InChI=1S/C19H32O/c1-15(2)18-10-9-16(3)7-6-8-17(4)11-13-19(5,20)14-12-18/h7,11-12,14-15,18,20H,6,8-10,13H2,1-5H3/b14-12+,16-7+,17-11-/t18-,19+/m1/s1. The summed E-state index contributed by atoms with van der Waals surface area (Å²) in [4.78, 5) is 0. The zero-order valence-corrected chi connectivity index (χ0v) is 13.9. The van der Waals surface area contributed by atoms with Gasteiger partial charge < -0.3 is 5.11 Å². The minimum atomic E-state index is -0.717. The molecule has 20 heavy (non-hydrogen) atoms. The van der Waals surface area contributed by atoms with Crippen molar-refractivity contribution in [1.82, 2.24) is 0 Å². The molecule has 0 unspecified atom stereocenters. The van der Waals surface area contributed by atoms with Crippen molar-refractivity contribution in [1.29, 1.82) is 0 Å². The van der Waals surface area contributed by atoms with Crippen LogP contribution in [0, 0.1) is 11.8 Å². The molecule has 114 valence electrons. The molecule has 1 rings (SSSR count). The normalized spacial score (nSPS) is 36.9. The molecule has 1 N–H and O–H groups in total. The summed E-state index contributed by atoms with van der Waals surface area (Å²) in [5.74, 6) is 1.17. The Morgan fingerprint density at radius 2 is 1.80 bits per heavy atom. The maximum atomic E-state index is 10.5. The van der Waals surface area contributed by atoms with E-state index in [9.17, 15) is 5.11 Å². The van der Waals surface area contributed by atoms with Gasteiger partial charge in [-0.2, -0.15) is 0 Å². The van der Waals surface area contributed by atoms with Crippen molar-refractivity contribution in [3.63, 3.8) is 0 Å². The fourth-order valence-corrected chi connectivity index (χ4v) is 2.58. The fourth-order valence-electron chi connectivity index (χ4n) is 2.58. The molecular weight excluding hydrogens is 244 g/mol. The predicted octanol–water partition coefficient (Wildman–Crippen LogP) is 5.42. The van der Waals surface area contributed by atoms with Crippen LogP contribution in [0.3, 0.4) is 0 Å². The van der Waals surface area contributed by atoms with Gasteiger partial charge in [-0.3, -0.25) is 0 Å². The fraction of sp³-hybridized carbons (Fsp3) is 0.684. The van der Waals surface area contributed by atoms with E-state index in [-0.39, 0.29) is 0 Å². The Morgan fingerprint density at radius 1 is 1.15 bits per heavy atom. The minimum absolute atomic E-state index is 0.552. The number of aliphatic hydroxyl groups is 1. The Labute approximate surface area is 125 Å². The molecular formula is C19H32O. The maximum absolute atomic E-state index is 10.5. The summed E-state index contributed by atoms with van der Waals surface area (Å²) in [6, 6.07) is 0. The lowest BCUT2D eigenvalue weighted by atomic mass is 9.87. The second-order valence-electron chi connectivity index (χ2n) is 7.01. The minimum Gasteiger partial charge on any atom is -0.386 e. The van der Waals surface area contributed by atoms with Gasteiger partial charge in [0.15, 0.2) is 0 Å². The van der Waals surface area contributed by atoms with E-state index < -0.39 is 5.60 Å². The first kappa shape index (κ1) is 17.2. The summed E-state index contributed by atoms with van der Waals surface area (Å²) < 4.78 is 0. The molecule has 1 nitrogen and oxygen atoms in total. The highest BCUT2D eigenvalue weighted by Gasteiger charge is 2.17. The lowest BCUT2D eigenvalue weighted by Gasteiger charge is -2.21. The van der Waals surface area contributed by atoms with Crippen LogP contribution in [0.25, 0.3) is 0 Å². The summed E-state index contributed by atoms with van der Waals surface area (Å²) in [7, 11) is 0. The molecule has 0 aromatic heterocycles. The molecule has 0 bridgehead atoms. The highest BCUT2D eigenvalue weighted by molar-refractivity contribution is 5.10. The Balaban J connectivity index is 2.91. The van der Waals surface area contributed by atoms with Crippen LogP contribution in [0.15, 0.2) is 35.5 Å². The van der Waals surface area contributed by atoms with Gasteiger partial charge in [0, 0.05) is 0 Å². The Morgan fingerprint density at radius 3 is 2.45 bits per heavy atom. The maximum Gasteiger partial charge on any atom is 0.0834 e. The van der Waals surface area contributed by atoms with Gasteiger partial charge in [-0.25, -0.2) is 0 Å². The van der Waals surface area contributed by atoms with Gasteiger partial charge in [-0.1, -0.05) is 49.3 Å². The molecule has 1 aliphatic rings. The first-order valence-electron chi connectivity index (χ1n) is 8.03. The van der Waals surface area contributed by atoms with Gasteiger partial charge in [-0.05, 0) is 64.7 Å². The first-order valence-corrected chi connectivity index (χ1v) is 8.03. The van der Waals surface area contributed by atoms with E-state index in [1.54, 1.807) is 0 Å². The van der Waals surface area contributed by atoms with Gasteiger partial charge in [-0.15, -0.1) is 0 Å². The van der Waals surface area contributed by atoms with Crippen LogP contribution in [0.2, 0.25) is 0 Å². The summed E-state index contributed by atoms with van der Waals surface area (Å²) in [6.07, 6.45) is 14.1. The molecule has 0 radical (unpaired) electrons. The van der Waals surface area contributed by atoms with Crippen molar-refractivity contribution >= 4 is 0 Å². The molecule has 0 saturated carbocycles. The molecule has 1 heteroatoms. The molecule has 1 aliphatic carbocycles. The molecule has 0 amide bonds. The van der Waals surface area contributed by atoms with Crippen molar-refractivity contribution in [2.75, 3.05) is 0 Å². The lowest BCUT2D eigenvalue weighted by Crippen LogP contribution is -2.20. The molecule has 0 spiro atoms. The van der Waals surface area contributed by atoms with Gasteiger partial charge in [0.05, 0.1) is 5.60 Å². The van der Waals surface area contributed by atoms with Gasteiger partial charge in [0.2, 0.25) is 0 Å². The zero-order chi connectivity index (χ0) is 15.2. The second kappa shape index (κ2) is 7.83. The van der Waals surface area contributed by atoms with Crippen molar-refractivity contribution in [3.8, 4) is 0 Å². The van der Waals surface area contributed by atoms with Crippen molar-refractivity contribution in [2.45, 2.75) is 72.3 Å². The van der Waals surface area contributed by atoms with Crippen molar-refractivity contribution in [3.05, 3.63) is 35.5 Å². The Kier molecular flexibility index (Phi) is 6.75. The molecule has 0 saturated heterocycles. The third-order valence-electron chi connectivity index (χ3n) is 4.33. The number of rotatable bonds is 1. The number of allylic oxidation sites excluding steroid dienone is 4. The summed E-state index contributed by atoms with van der Waals surface area (Å²) in [6.45, 7) is 10.9. The topological polar surface area (TPSA) is 20.2 Å². The SMILES string of the molecule is C/C1=C/C[C@](C)(O)/C=C/[C@H](C(C)C)CC/C(C)=C/CC1. The van der Waals surface area contributed by atoms with E-state index in [0.717, 1.165) is 19.3 Å². The highest BCUT2D eigenvalue weighted by atomic mass is 16.3. The van der Waals surface area contributed by atoms with Crippen LogP contribution >= 0.6 is 0 Å². The Hall–Kier alpha value is -0.820. The highest BCUT2D eigenvalue weighted by Crippen LogP contribution is 2.25. The third-order valence-corrected chi connectivity index (χ3v) is 4.33. The number of hydrogen-bond donors (Lipinski definition) is 1. The van der Waals surface area contributed by atoms with Gasteiger partial charge in [0.1, 0.15) is 0 Å². The van der Waals surface area contributed by atoms with Crippen LogP contribution in [0.4, 0.5) is 0 Å². The monoisotopic (exact) mass is 276 g/mol. The summed E-state index contributed by atoms with van der Waals surface area (Å²) in [5.41, 5.74) is 2.16. The smallest absolute Gasteiger partial charge is 0.0834 e. The third kappa shape index (κ3) is 6.56. The molecule has 0 aliphatic heterocycles. The lowest BCUT2D eigenvalue weighted by molar-refractivity contribution is 0.114. The van der Waals surface area contributed by atoms with E-state index in [2.05, 4.69) is 45.9 Å². The summed E-state index contributed by atoms with van der Waals surface area (Å²) >= 11 is 0. The largest absolute Gasteiger partial charge is 0.386 e.